The number of halogens is 3. The summed E-state index contributed by atoms with van der Waals surface area (Å²) < 4.78 is 30.4. The van der Waals surface area contributed by atoms with Crippen LogP contribution in [0.15, 0.2) is 22.7 Å². The van der Waals surface area contributed by atoms with Gasteiger partial charge in [0.2, 0.25) is 0 Å². The van der Waals surface area contributed by atoms with E-state index in [-0.39, 0.29) is 0 Å². The Hall–Kier alpha value is -0.840. The molecule has 78 valence electrons. The molecule has 1 rings (SSSR count). The van der Waals surface area contributed by atoms with Gasteiger partial charge >= 0.3 is 0 Å². The standard InChI is InChI=1S/C9H10BrF2NO/c1-9(11,12)5-14-8-3-2-6(13)4-7(8)10/h2-4H,5,13H2,1H3. The van der Waals surface area contributed by atoms with Gasteiger partial charge in [-0.3, -0.25) is 0 Å². The van der Waals surface area contributed by atoms with Crippen molar-refractivity contribution in [3.63, 3.8) is 0 Å². The van der Waals surface area contributed by atoms with Crippen LogP contribution < -0.4 is 10.5 Å². The number of alkyl halides is 2. The molecule has 1 aromatic rings. The number of anilines is 1. The SMILES string of the molecule is CC(F)(F)COc1ccc(N)cc1Br. The summed E-state index contributed by atoms with van der Waals surface area (Å²) >= 11 is 3.16. The summed E-state index contributed by atoms with van der Waals surface area (Å²) in [6.45, 7) is 0.160. The Morgan fingerprint density at radius 2 is 2.14 bits per heavy atom. The van der Waals surface area contributed by atoms with Gasteiger partial charge in [-0.2, -0.15) is 0 Å². The van der Waals surface area contributed by atoms with E-state index in [1.165, 1.54) is 0 Å². The van der Waals surface area contributed by atoms with Crippen LogP contribution in [0.4, 0.5) is 14.5 Å². The Morgan fingerprint density at radius 1 is 1.50 bits per heavy atom. The monoisotopic (exact) mass is 265 g/mol. The third-order valence-corrected chi connectivity index (χ3v) is 2.06. The normalized spacial score (nSPS) is 11.4. The minimum Gasteiger partial charge on any atom is -0.486 e. The first-order chi connectivity index (χ1) is 6.38. The topological polar surface area (TPSA) is 35.2 Å². The van der Waals surface area contributed by atoms with Crippen molar-refractivity contribution in [3.8, 4) is 5.75 Å². The van der Waals surface area contributed by atoms with Gasteiger partial charge < -0.3 is 10.5 Å². The molecule has 5 heteroatoms. The highest BCUT2D eigenvalue weighted by Crippen LogP contribution is 2.28. The summed E-state index contributed by atoms with van der Waals surface area (Å²) in [6, 6.07) is 4.74. The van der Waals surface area contributed by atoms with Gasteiger partial charge in [0, 0.05) is 12.6 Å². The molecule has 0 aromatic heterocycles. The molecule has 0 unspecified atom stereocenters. The van der Waals surface area contributed by atoms with Crippen LogP contribution in [0.25, 0.3) is 0 Å². The Bertz CT molecular complexity index is 325. The number of rotatable bonds is 3. The van der Waals surface area contributed by atoms with Gasteiger partial charge in [0.15, 0.2) is 6.61 Å². The molecule has 0 heterocycles. The molecule has 14 heavy (non-hydrogen) atoms. The highest BCUT2D eigenvalue weighted by molar-refractivity contribution is 9.10. The van der Waals surface area contributed by atoms with Gasteiger partial charge in [-0.05, 0) is 34.1 Å². The zero-order valence-electron chi connectivity index (χ0n) is 7.56. The van der Waals surface area contributed by atoms with Crippen molar-refractivity contribution in [3.05, 3.63) is 22.7 Å². The third kappa shape index (κ3) is 3.49. The van der Waals surface area contributed by atoms with Gasteiger partial charge in [-0.15, -0.1) is 0 Å². The Morgan fingerprint density at radius 3 is 2.64 bits per heavy atom. The van der Waals surface area contributed by atoms with E-state index in [0.29, 0.717) is 15.9 Å². The molecule has 0 saturated heterocycles. The zero-order chi connectivity index (χ0) is 10.8. The fraction of sp³-hybridized carbons (Fsp3) is 0.333. The van der Waals surface area contributed by atoms with E-state index < -0.39 is 12.5 Å². The van der Waals surface area contributed by atoms with Crippen LogP contribution in [0.5, 0.6) is 5.75 Å². The number of ether oxygens (including phenoxy) is 1. The summed E-state index contributed by atoms with van der Waals surface area (Å²) in [5.41, 5.74) is 6.02. The smallest absolute Gasteiger partial charge is 0.278 e. The second kappa shape index (κ2) is 4.13. The third-order valence-electron chi connectivity index (χ3n) is 1.44. The number of hydrogen-bond donors (Lipinski definition) is 1. The van der Waals surface area contributed by atoms with Crippen molar-refractivity contribution in [2.45, 2.75) is 12.8 Å². The minimum absolute atomic E-state index is 0.362. The first kappa shape index (κ1) is 11.2. The van der Waals surface area contributed by atoms with E-state index in [9.17, 15) is 8.78 Å². The van der Waals surface area contributed by atoms with E-state index in [1.54, 1.807) is 18.2 Å². The molecule has 0 bridgehead atoms. The van der Waals surface area contributed by atoms with Crippen molar-refractivity contribution in [1.29, 1.82) is 0 Å². The molecule has 0 aliphatic heterocycles. The molecule has 2 nitrogen and oxygen atoms in total. The lowest BCUT2D eigenvalue weighted by Gasteiger charge is -2.13. The summed E-state index contributed by atoms with van der Waals surface area (Å²) in [6.07, 6.45) is 0. The molecular formula is C9H10BrF2NO. The molecular weight excluding hydrogens is 256 g/mol. The Kier molecular flexibility index (Phi) is 3.31. The van der Waals surface area contributed by atoms with Gasteiger partial charge in [-0.1, -0.05) is 0 Å². The molecule has 0 aliphatic rings. The largest absolute Gasteiger partial charge is 0.486 e. The van der Waals surface area contributed by atoms with Gasteiger partial charge in [0.25, 0.3) is 5.92 Å². The van der Waals surface area contributed by atoms with Crippen molar-refractivity contribution in [2.75, 3.05) is 12.3 Å². The van der Waals surface area contributed by atoms with Crippen molar-refractivity contribution < 1.29 is 13.5 Å². The van der Waals surface area contributed by atoms with E-state index >= 15 is 0 Å². The second-order valence-corrected chi connectivity index (χ2v) is 3.90. The molecule has 0 radical (unpaired) electrons. The quantitative estimate of drug-likeness (QED) is 0.853. The van der Waals surface area contributed by atoms with Crippen LogP contribution in [0, 0.1) is 0 Å². The molecule has 0 spiro atoms. The zero-order valence-corrected chi connectivity index (χ0v) is 9.14. The molecule has 0 aliphatic carbocycles. The Labute approximate surface area is 89.2 Å². The number of benzene rings is 1. The maximum absolute atomic E-state index is 12.5. The fourth-order valence-corrected chi connectivity index (χ4v) is 1.35. The lowest BCUT2D eigenvalue weighted by atomic mass is 10.3. The van der Waals surface area contributed by atoms with Crippen LogP contribution in [-0.4, -0.2) is 12.5 Å². The van der Waals surface area contributed by atoms with Gasteiger partial charge in [-0.25, -0.2) is 8.78 Å². The fourth-order valence-electron chi connectivity index (χ4n) is 0.839. The van der Waals surface area contributed by atoms with Gasteiger partial charge in [0.1, 0.15) is 5.75 Å². The van der Waals surface area contributed by atoms with E-state index in [2.05, 4.69) is 15.9 Å². The van der Waals surface area contributed by atoms with Gasteiger partial charge in [0.05, 0.1) is 4.47 Å². The lowest BCUT2D eigenvalue weighted by molar-refractivity contribution is -0.0231. The van der Waals surface area contributed by atoms with Crippen LogP contribution >= 0.6 is 15.9 Å². The highest BCUT2D eigenvalue weighted by Gasteiger charge is 2.22. The maximum Gasteiger partial charge on any atom is 0.278 e. The minimum atomic E-state index is -2.83. The van der Waals surface area contributed by atoms with Crippen LogP contribution in [0.3, 0.4) is 0 Å². The van der Waals surface area contributed by atoms with Crippen molar-refractivity contribution in [2.24, 2.45) is 0 Å². The number of nitrogen functional groups attached to an aromatic ring is 1. The summed E-state index contributed by atoms with van der Waals surface area (Å²) in [4.78, 5) is 0. The van der Waals surface area contributed by atoms with E-state index in [1.807, 2.05) is 0 Å². The predicted molar refractivity (Wildman–Crippen MR) is 54.7 cm³/mol. The van der Waals surface area contributed by atoms with Crippen LogP contribution in [-0.2, 0) is 0 Å². The predicted octanol–water partition coefficient (Wildman–Crippen LogP) is 3.07. The summed E-state index contributed by atoms with van der Waals surface area (Å²) in [5, 5.41) is 0. The van der Waals surface area contributed by atoms with Crippen LogP contribution in [0.2, 0.25) is 0 Å². The molecule has 0 saturated carbocycles. The first-order valence-corrected chi connectivity index (χ1v) is 4.73. The van der Waals surface area contributed by atoms with Crippen molar-refractivity contribution in [1.82, 2.24) is 0 Å². The molecule has 0 amide bonds. The van der Waals surface area contributed by atoms with Crippen molar-refractivity contribution >= 4 is 21.6 Å². The average molecular weight is 266 g/mol. The molecule has 0 fully saturated rings. The Balaban J connectivity index is 2.68. The second-order valence-electron chi connectivity index (χ2n) is 3.05. The summed E-state index contributed by atoms with van der Waals surface area (Å²) in [5.74, 6) is -2.47. The molecule has 0 atom stereocenters. The number of hydrogen-bond acceptors (Lipinski definition) is 2. The lowest BCUT2D eigenvalue weighted by Crippen LogP contribution is -2.21. The van der Waals surface area contributed by atoms with E-state index in [4.69, 9.17) is 10.5 Å². The average Bonchev–Trinajstić information content (AvgIpc) is 2.00. The first-order valence-electron chi connectivity index (χ1n) is 3.94. The molecule has 1 aromatic carbocycles. The highest BCUT2D eigenvalue weighted by atomic mass is 79.9. The summed E-state index contributed by atoms with van der Waals surface area (Å²) in [7, 11) is 0. The maximum atomic E-state index is 12.5. The van der Waals surface area contributed by atoms with Crippen LogP contribution in [0.1, 0.15) is 6.92 Å². The number of nitrogens with two attached hydrogens (primary N) is 1. The molecule has 2 N–H and O–H groups in total. The van der Waals surface area contributed by atoms with E-state index in [0.717, 1.165) is 6.92 Å².